The van der Waals surface area contributed by atoms with E-state index < -0.39 is 0 Å². The molecule has 1 aliphatic carbocycles. The Morgan fingerprint density at radius 3 is 2.76 bits per heavy atom. The number of para-hydroxylation sites is 1. The molecule has 1 aromatic rings. The number of carbonyl (C=O) groups is 1. The van der Waals surface area contributed by atoms with Gasteiger partial charge in [0.1, 0.15) is 5.75 Å². The van der Waals surface area contributed by atoms with Gasteiger partial charge in [0.05, 0.1) is 19.1 Å². The van der Waals surface area contributed by atoms with Crippen molar-refractivity contribution in [3.63, 3.8) is 0 Å². The molecule has 0 bridgehead atoms. The number of rotatable bonds is 5. The fraction of sp³-hybridized carbons (Fsp3) is 0.462. The number of amides is 1. The van der Waals surface area contributed by atoms with Gasteiger partial charge in [0.15, 0.2) is 0 Å². The Bertz CT molecular complexity index is 416. The van der Waals surface area contributed by atoms with E-state index in [1.54, 1.807) is 7.11 Å². The van der Waals surface area contributed by atoms with Crippen LogP contribution in [0, 0.1) is 0 Å². The number of hydrogen-bond donors (Lipinski definition) is 1. The van der Waals surface area contributed by atoms with Crippen molar-refractivity contribution in [3.05, 3.63) is 29.8 Å². The lowest BCUT2D eigenvalue weighted by atomic mass is 10.1. The topological polar surface area (TPSA) is 38.3 Å². The van der Waals surface area contributed by atoms with Gasteiger partial charge in [0.2, 0.25) is 5.91 Å². The number of hydrogen-bond acceptors (Lipinski definition) is 2. The van der Waals surface area contributed by atoms with Gasteiger partial charge in [-0.2, -0.15) is 0 Å². The van der Waals surface area contributed by atoms with Crippen molar-refractivity contribution in [1.82, 2.24) is 5.32 Å². The van der Waals surface area contributed by atoms with E-state index in [-0.39, 0.29) is 11.4 Å². The molecular weight excluding hydrogens is 238 g/mol. The summed E-state index contributed by atoms with van der Waals surface area (Å²) in [5.74, 6) is 1.25. The van der Waals surface area contributed by atoms with E-state index in [1.807, 2.05) is 24.3 Å². The third kappa shape index (κ3) is 2.91. The van der Waals surface area contributed by atoms with Gasteiger partial charge in [-0.05, 0) is 18.9 Å². The second-order valence-corrected chi connectivity index (χ2v) is 4.72. The highest BCUT2D eigenvalue weighted by Crippen LogP contribution is 2.36. The molecule has 1 amide bonds. The van der Waals surface area contributed by atoms with Crippen LogP contribution in [0.2, 0.25) is 0 Å². The first-order valence-electron chi connectivity index (χ1n) is 5.68. The zero-order valence-corrected chi connectivity index (χ0v) is 10.6. The van der Waals surface area contributed by atoms with Gasteiger partial charge in [-0.1, -0.05) is 18.2 Å². The Morgan fingerprint density at radius 1 is 1.47 bits per heavy atom. The van der Waals surface area contributed by atoms with E-state index in [4.69, 9.17) is 16.3 Å². The molecule has 3 nitrogen and oxygen atoms in total. The molecule has 92 valence electrons. The minimum absolute atomic E-state index is 0.00708. The van der Waals surface area contributed by atoms with Gasteiger partial charge in [-0.15, -0.1) is 11.6 Å². The summed E-state index contributed by atoms with van der Waals surface area (Å²) in [4.78, 5) is 11.9. The second-order valence-electron chi connectivity index (χ2n) is 4.45. The average molecular weight is 254 g/mol. The van der Waals surface area contributed by atoms with Gasteiger partial charge >= 0.3 is 0 Å². The summed E-state index contributed by atoms with van der Waals surface area (Å²) in [5.41, 5.74) is 0.763. The Labute approximate surface area is 106 Å². The molecule has 1 fully saturated rings. The van der Waals surface area contributed by atoms with Gasteiger partial charge in [-0.25, -0.2) is 0 Å². The summed E-state index contributed by atoms with van der Waals surface area (Å²) in [6, 6.07) is 7.55. The summed E-state index contributed by atoms with van der Waals surface area (Å²) >= 11 is 5.82. The van der Waals surface area contributed by atoms with Crippen LogP contribution < -0.4 is 10.1 Å². The molecule has 1 aromatic carbocycles. The molecule has 0 heterocycles. The van der Waals surface area contributed by atoms with Crippen LogP contribution in [-0.4, -0.2) is 24.4 Å². The zero-order chi connectivity index (χ0) is 12.3. The smallest absolute Gasteiger partial charge is 0.225 e. The molecule has 0 aliphatic heterocycles. The van der Waals surface area contributed by atoms with Crippen molar-refractivity contribution >= 4 is 17.5 Å². The lowest BCUT2D eigenvalue weighted by molar-refractivity contribution is -0.121. The molecule has 4 heteroatoms. The highest BCUT2D eigenvalue weighted by Gasteiger charge is 2.43. The van der Waals surface area contributed by atoms with E-state index >= 15 is 0 Å². The SMILES string of the molecule is COc1ccccc1CC(=O)NC1(CCl)CC1. The van der Waals surface area contributed by atoms with E-state index in [9.17, 15) is 4.79 Å². The van der Waals surface area contributed by atoms with Crippen LogP contribution in [0.5, 0.6) is 5.75 Å². The monoisotopic (exact) mass is 253 g/mol. The molecular formula is C13H16ClNO2. The molecule has 0 atom stereocenters. The van der Waals surface area contributed by atoms with Gasteiger partial charge < -0.3 is 10.1 Å². The van der Waals surface area contributed by atoms with Gasteiger partial charge in [-0.3, -0.25) is 4.79 Å². The van der Waals surface area contributed by atoms with Crippen LogP contribution in [-0.2, 0) is 11.2 Å². The molecule has 17 heavy (non-hydrogen) atoms. The molecule has 0 saturated heterocycles. The number of methoxy groups -OCH3 is 1. The van der Waals surface area contributed by atoms with Crippen LogP contribution >= 0.6 is 11.6 Å². The maximum absolute atomic E-state index is 11.9. The van der Waals surface area contributed by atoms with Crippen LogP contribution in [0.15, 0.2) is 24.3 Å². The predicted octanol–water partition coefficient (Wildman–Crippen LogP) is 2.13. The molecule has 1 N–H and O–H groups in total. The lowest BCUT2D eigenvalue weighted by Crippen LogP contribution is -2.39. The number of benzene rings is 1. The fourth-order valence-corrected chi connectivity index (χ4v) is 2.14. The average Bonchev–Trinajstić information content (AvgIpc) is 3.10. The summed E-state index contributed by atoms with van der Waals surface area (Å²) < 4.78 is 5.21. The van der Waals surface area contributed by atoms with Crippen molar-refractivity contribution in [3.8, 4) is 5.75 Å². The van der Waals surface area contributed by atoms with Crippen LogP contribution in [0.1, 0.15) is 18.4 Å². The number of halogens is 1. The molecule has 0 spiro atoms. The molecule has 0 unspecified atom stereocenters. The minimum Gasteiger partial charge on any atom is -0.496 e. The summed E-state index contributed by atoms with van der Waals surface area (Å²) in [5, 5.41) is 2.99. The van der Waals surface area contributed by atoms with Crippen molar-refractivity contribution in [2.45, 2.75) is 24.8 Å². The Morgan fingerprint density at radius 2 is 2.18 bits per heavy atom. The molecule has 1 aliphatic rings. The van der Waals surface area contributed by atoms with Crippen molar-refractivity contribution in [1.29, 1.82) is 0 Å². The summed E-state index contributed by atoms with van der Waals surface area (Å²) in [6.45, 7) is 0. The highest BCUT2D eigenvalue weighted by atomic mass is 35.5. The minimum atomic E-state index is -0.138. The highest BCUT2D eigenvalue weighted by molar-refractivity contribution is 6.19. The lowest BCUT2D eigenvalue weighted by Gasteiger charge is -2.14. The standard InChI is InChI=1S/C13H16ClNO2/c1-17-11-5-3-2-4-10(11)8-12(16)15-13(9-14)6-7-13/h2-5H,6-9H2,1H3,(H,15,16). The molecule has 0 radical (unpaired) electrons. The van der Waals surface area contributed by atoms with Crippen LogP contribution in [0.3, 0.4) is 0 Å². The first kappa shape index (κ1) is 12.2. The number of ether oxygens (including phenoxy) is 1. The van der Waals surface area contributed by atoms with Crippen molar-refractivity contribution in [2.75, 3.05) is 13.0 Å². The van der Waals surface area contributed by atoms with Gasteiger partial charge in [0.25, 0.3) is 0 Å². The molecule has 0 aromatic heterocycles. The van der Waals surface area contributed by atoms with Crippen LogP contribution in [0.4, 0.5) is 0 Å². The Balaban J connectivity index is 1.98. The normalized spacial score (nSPS) is 16.4. The van der Waals surface area contributed by atoms with Crippen LogP contribution in [0.25, 0.3) is 0 Å². The van der Waals surface area contributed by atoms with E-state index in [2.05, 4.69) is 5.32 Å². The van der Waals surface area contributed by atoms with E-state index in [0.29, 0.717) is 12.3 Å². The fourth-order valence-electron chi connectivity index (χ4n) is 1.80. The predicted molar refractivity (Wildman–Crippen MR) is 67.5 cm³/mol. The van der Waals surface area contributed by atoms with E-state index in [1.165, 1.54) is 0 Å². The first-order valence-corrected chi connectivity index (χ1v) is 6.21. The Kier molecular flexibility index (Phi) is 3.57. The van der Waals surface area contributed by atoms with Gasteiger partial charge in [0, 0.05) is 11.4 Å². The number of carbonyl (C=O) groups excluding carboxylic acids is 1. The number of nitrogens with one attached hydrogen (secondary N) is 1. The molecule has 1 saturated carbocycles. The summed E-state index contributed by atoms with van der Waals surface area (Å²) in [7, 11) is 1.61. The second kappa shape index (κ2) is 4.96. The largest absolute Gasteiger partial charge is 0.496 e. The van der Waals surface area contributed by atoms with E-state index in [0.717, 1.165) is 24.2 Å². The third-order valence-electron chi connectivity index (χ3n) is 3.06. The quantitative estimate of drug-likeness (QED) is 0.817. The van der Waals surface area contributed by atoms with Crippen molar-refractivity contribution < 1.29 is 9.53 Å². The third-order valence-corrected chi connectivity index (χ3v) is 3.57. The van der Waals surface area contributed by atoms with Crippen molar-refractivity contribution in [2.24, 2.45) is 0 Å². The first-order chi connectivity index (χ1) is 8.19. The maximum atomic E-state index is 11.9. The zero-order valence-electron chi connectivity index (χ0n) is 9.83. The summed E-state index contributed by atoms with van der Waals surface area (Å²) in [6.07, 6.45) is 2.30. The Hall–Kier alpha value is -1.22. The number of alkyl halides is 1. The molecule has 2 rings (SSSR count). The maximum Gasteiger partial charge on any atom is 0.225 e.